The molecule has 2 aliphatic carbocycles. The minimum absolute atomic E-state index is 0.0781. The molecule has 1 atom stereocenters. The van der Waals surface area contributed by atoms with Gasteiger partial charge in [-0.3, -0.25) is 9.59 Å². The second-order valence-corrected chi connectivity index (χ2v) is 9.21. The lowest BCUT2D eigenvalue weighted by molar-refractivity contribution is -0.139. The van der Waals surface area contributed by atoms with Gasteiger partial charge in [-0.15, -0.1) is 0 Å². The molecular formula is C23H34N4O2. The monoisotopic (exact) mass is 398 g/mol. The van der Waals surface area contributed by atoms with E-state index in [2.05, 4.69) is 5.32 Å². The molecule has 2 amide bonds. The number of carbonyl (C=O) groups is 2. The molecule has 2 heterocycles. The maximum atomic E-state index is 12.6. The predicted octanol–water partition coefficient (Wildman–Crippen LogP) is 3.20. The van der Waals surface area contributed by atoms with Crippen molar-refractivity contribution in [3.63, 3.8) is 0 Å². The van der Waals surface area contributed by atoms with Crippen molar-refractivity contribution >= 4 is 11.8 Å². The molecule has 1 N–H and O–H groups in total. The summed E-state index contributed by atoms with van der Waals surface area (Å²) in [6.45, 7) is 5.56. The summed E-state index contributed by atoms with van der Waals surface area (Å²) in [4.78, 5) is 36.7. The number of piperidine rings is 1. The number of amides is 2. The molecular weight excluding hydrogens is 364 g/mol. The van der Waals surface area contributed by atoms with Crippen LogP contribution in [0.1, 0.15) is 86.5 Å². The van der Waals surface area contributed by atoms with Gasteiger partial charge in [0, 0.05) is 47.9 Å². The van der Waals surface area contributed by atoms with E-state index >= 15 is 0 Å². The van der Waals surface area contributed by atoms with Crippen molar-refractivity contribution in [1.82, 2.24) is 20.2 Å². The zero-order chi connectivity index (χ0) is 20.4. The molecule has 0 bridgehead atoms. The van der Waals surface area contributed by atoms with Crippen LogP contribution in [0.4, 0.5) is 0 Å². The van der Waals surface area contributed by atoms with Crippen molar-refractivity contribution in [2.24, 2.45) is 5.92 Å². The van der Waals surface area contributed by atoms with E-state index in [9.17, 15) is 9.59 Å². The van der Waals surface area contributed by atoms with Crippen LogP contribution in [0.15, 0.2) is 0 Å². The quantitative estimate of drug-likeness (QED) is 0.826. The molecule has 1 aromatic rings. The van der Waals surface area contributed by atoms with Crippen molar-refractivity contribution < 1.29 is 9.59 Å². The van der Waals surface area contributed by atoms with E-state index in [0.29, 0.717) is 18.4 Å². The van der Waals surface area contributed by atoms with Crippen molar-refractivity contribution in [1.29, 1.82) is 0 Å². The number of hydrogen-bond donors (Lipinski definition) is 1. The van der Waals surface area contributed by atoms with Gasteiger partial charge in [-0.25, -0.2) is 9.97 Å². The summed E-state index contributed by atoms with van der Waals surface area (Å²) in [7, 11) is 0. The topological polar surface area (TPSA) is 75.2 Å². The smallest absolute Gasteiger partial charge is 0.225 e. The highest BCUT2D eigenvalue weighted by Gasteiger charge is 2.33. The Labute approximate surface area is 173 Å². The molecule has 0 spiro atoms. The molecule has 29 heavy (non-hydrogen) atoms. The second kappa shape index (κ2) is 8.80. The van der Waals surface area contributed by atoms with Gasteiger partial charge in [0.2, 0.25) is 11.8 Å². The number of aromatic nitrogens is 2. The average Bonchev–Trinajstić information content (AvgIpc) is 3.16. The van der Waals surface area contributed by atoms with E-state index in [4.69, 9.17) is 9.97 Å². The van der Waals surface area contributed by atoms with Crippen molar-refractivity contribution in [3.8, 4) is 0 Å². The zero-order valence-electron chi connectivity index (χ0n) is 17.9. The molecule has 3 fully saturated rings. The largest absolute Gasteiger partial charge is 0.353 e. The van der Waals surface area contributed by atoms with Gasteiger partial charge in [-0.1, -0.05) is 19.3 Å². The van der Waals surface area contributed by atoms with Gasteiger partial charge in [0.15, 0.2) is 0 Å². The summed E-state index contributed by atoms with van der Waals surface area (Å²) in [5.74, 6) is 1.69. The van der Waals surface area contributed by atoms with E-state index in [1.54, 1.807) is 0 Å². The van der Waals surface area contributed by atoms with Gasteiger partial charge < -0.3 is 10.2 Å². The maximum absolute atomic E-state index is 12.6. The lowest BCUT2D eigenvalue weighted by atomic mass is 9.83. The number of carbonyl (C=O) groups excluding carboxylic acids is 2. The molecule has 4 rings (SSSR count). The predicted molar refractivity (Wildman–Crippen MR) is 112 cm³/mol. The summed E-state index contributed by atoms with van der Waals surface area (Å²) < 4.78 is 0. The average molecular weight is 399 g/mol. The fourth-order valence-electron chi connectivity index (χ4n) is 5.01. The molecule has 1 saturated heterocycles. The van der Waals surface area contributed by atoms with Gasteiger partial charge in [-0.05, 0) is 52.4 Å². The van der Waals surface area contributed by atoms with Gasteiger partial charge in [0.25, 0.3) is 0 Å². The van der Waals surface area contributed by atoms with Crippen LogP contribution in [0.3, 0.4) is 0 Å². The lowest BCUT2D eigenvalue weighted by Gasteiger charge is -2.37. The Hall–Kier alpha value is -1.98. The highest BCUT2D eigenvalue weighted by atomic mass is 16.2. The summed E-state index contributed by atoms with van der Waals surface area (Å²) in [5.41, 5.74) is 2.75. The standard InChI is InChI=1S/C23H34N4O2/c1-15-20(13-21(28)26-19-10-3-4-11-19)16(2)25-22(24-15)18-9-6-12-27(14-18)23(29)17-7-5-8-17/h17-19H,3-14H2,1-2H3,(H,26,28)/t18-/m1/s1. The Morgan fingerprint density at radius 1 is 0.966 bits per heavy atom. The summed E-state index contributed by atoms with van der Waals surface area (Å²) in [6.07, 6.45) is 10.3. The first-order valence-electron chi connectivity index (χ1n) is 11.4. The van der Waals surface area contributed by atoms with E-state index < -0.39 is 0 Å². The number of aryl methyl sites for hydroxylation is 2. The number of hydrogen-bond acceptors (Lipinski definition) is 4. The molecule has 6 nitrogen and oxygen atoms in total. The minimum atomic E-state index is 0.0781. The van der Waals surface area contributed by atoms with Gasteiger partial charge in [0.05, 0.1) is 6.42 Å². The Morgan fingerprint density at radius 2 is 1.66 bits per heavy atom. The summed E-state index contributed by atoms with van der Waals surface area (Å²) >= 11 is 0. The van der Waals surface area contributed by atoms with Crippen molar-refractivity contribution in [2.45, 2.75) is 90.0 Å². The molecule has 3 aliphatic rings. The molecule has 0 unspecified atom stereocenters. The van der Waals surface area contributed by atoms with Gasteiger partial charge in [-0.2, -0.15) is 0 Å². The SMILES string of the molecule is Cc1nc([C@@H]2CCCN(C(=O)C3CCC3)C2)nc(C)c1CC(=O)NC1CCCC1. The van der Waals surface area contributed by atoms with Crippen molar-refractivity contribution in [2.75, 3.05) is 13.1 Å². The molecule has 6 heteroatoms. The number of rotatable bonds is 5. The van der Waals surface area contributed by atoms with Crippen LogP contribution in [0.2, 0.25) is 0 Å². The first-order valence-corrected chi connectivity index (χ1v) is 11.4. The Morgan fingerprint density at radius 3 is 2.28 bits per heavy atom. The molecule has 0 radical (unpaired) electrons. The van der Waals surface area contributed by atoms with Crippen LogP contribution in [0, 0.1) is 19.8 Å². The van der Waals surface area contributed by atoms with Gasteiger partial charge in [0.1, 0.15) is 5.82 Å². The minimum Gasteiger partial charge on any atom is -0.353 e. The van der Waals surface area contributed by atoms with E-state index in [1.165, 1.54) is 19.3 Å². The second-order valence-electron chi connectivity index (χ2n) is 9.21. The Balaban J connectivity index is 1.41. The van der Waals surface area contributed by atoms with Gasteiger partial charge >= 0.3 is 0 Å². The molecule has 1 aliphatic heterocycles. The molecule has 2 saturated carbocycles. The lowest BCUT2D eigenvalue weighted by Crippen LogP contribution is -2.44. The van der Waals surface area contributed by atoms with Crippen LogP contribution < -0.4 is 5.32 Å². The molecule has 1 aromatic heterocycles. The highest BCUT2D eigenvalue weighted by molar-refractivity contribution is 5.80. The zero-order valence-corrected chi connectivity index (χ0v) is 17.9. The summed E-state index contributed by atoms with van der Waals surface area (Å²) in [6, 6.07) is 0.338. The van der Waals surface area contributed by atoms with Crippen LogP contribution in [0.5, 0.6) is 0 Å². The normalized spacial score (nSPS) is 23.1. The van der Waals surface area contributed by atoms with Crippen LogP contribution >= 0.6 is 0 Å². The number of nitrogens with one attached hydrogen (secondary N) is 1. The first-order chi connectivity index (χ1) is 14.0. The Bertz CT molecular complexity index is 745. The van der Waals surface area contributed by atoms with Crippen LogP contribution in [-0.2, 0) is 16.0 Å². The fraction of sp³-hybridized carbons (Fsp3) is 0.739. The van der Waals surface area contributed by atoms with E-state index in [0.717, 1.165) is 74.4 Å². The maximum Gasteiger partial charge on any atom is 0.225 e. The third kappa shape index (κ3) is 4.62. The molecule has 0 aromatic carbocycles. The van der Waals surface area contributed by atoms with Crippen LogP contribution in [0.25, 0.3) is 0 Å². The van der Waals surface area contributed by atoms with Crippen LogP contribution in [-0.4, -0.2) is 45.8 Å². The molecule has 158 valence electrons. The van der Waals surface area contributed by atoms with E-state index in [-0.39, 0.29) is 17.7 Å². The Kier molecular flexibility index (Phi) is 6.16. The third-order valence-corrected chi connectivity index (χ3v) is 7.05. The summed E-state index contributed by atoms with van der Waals surface area (Å²) in [5, 5.41) is 3.16. The number of nitrogens with zero attached hydrogens (tertiary/aromatic N) is 3. The fourth-order valence-corrected chi connectivity index (χ4v) is 5.01. The first kappa shape index (κ1) is 20.3. The number of likely N-dealkylation sites (tertiary alicyclic amines) is 1. The van der Waals surface area contributed by atoms with E-state index in [1.807, 2.05) is 18.7 Å². The highest BCUT2D eigenvalue weighted by Crippen LogP contribution is 2.32. The third-order valence-electron chi connectivity index (χ3n) is 7.05. The van der Waals surface area contributed by atoms with Crippen molar-refractivity contribution in [3.05, 3.63) is 22.8 Å².